The van der Waals surface area contributed by atoms with Gasteiger partial charge in [0, 0.05) is 31.0 Å². The van der Waals surface area contributed by atoms with Crippen molar-refractivity contribution >= 4 is 29.9 Å². The Morgan fingerprint density at radius 1 is 1.13 bits per heavy atom. The summed E-state index contributed by atoms with van der Waals surface area (Å²) in [5, 5.41) is 3.27. The van der Waals surface area contributed by atoms with Gasteiger partial charge in [0.25, 0.3) is 0 Å². The number of amides is 1. The third-order valence-electron chi connectivity index (χ3n) is 3.73. The molecule has 0 aliphatic carbocycles. The predicted octanol–water partition coefficient (Wildman–Crippen LogP) is 3.72. The van der Waals surface area contributed by atoms with Gasteiger partial charge in [0.05, 0.1) is 7.11 Å². The normalized spacial score (nSPS) is 11.7. The summed E-state index contributed by atoms with van der Waals surface area (Å²) in [5.74, 6) is 1.29. The Labute approximate surface area is 141 Å². The number of ether oxygens (including phenoxy) is 2. The number of carbonyl (C=O) groups is 1. The highest BCUT2D eigenvalue weighted by atomic mass is 35.5. The van der Waals surface area contributed by atoms with E-state index in [1.807, 2.05) is 30.3 Å². The lowest BCUT2D eigenvalue weighted by Crippen LogP contribution is -2.29. The molecule has 2 aromatic rings. The maximum Gasteiger partial charge on any atom is 0.419 e. The summed E-state index contributed by atoms with van der Waals surface area (Å²) < 4.78 is 10.5. The minimum absolute atomic E-state index is 0. The molecule has 6 heteroatoms. The molecule has 122 valence electrons. The minimum Gasteiger partial charge on any atom is -0.497 e. The zero-order chi connectivity index (χ0) is 15.5. The lowest BCUT2D eigenvalue weighted by Gasteiger charge is -2.17. The Morgan fingerprint density at radius 3 is 2.52 bits per heavy atom. The second-order valence-electron chi connectivity index (χ2n) is 5.12. The first-order valence-corrected chi connectivity index (χ1v) is 7.14. The quantitative estimate of drug-likeness (QED) is 0.929. The van der Waals surface area contributed by atoms with E-state index in [1.54, 1.807) is 26.3 Å². The Balaban J connectivity index is 0.00000192. The smallest absolute Gasteiger partial charge is 0.419 e. The molecule has 5 nitrogen and oxygen atoms in total. The molecular weight excluding hydrogens is 316 g/mol. The van der Waals surface area contributed by atoms with Crippen LogP contribution in [0.4, 0.5) is 16.2 Å². The number of carbonyl (C=O) groups excluding carboxylic acids is 1. The Bertz CT molecular complexity index is 689. The topological polar surface area (TPSA) is 50.8 Å². The number of anilines is 2. The highest BCUT2D eigenvalue weighted by Gasteiger charge is 2.16. The van der Waals surface area contributed by atoms with Crippen molar-refractivity contribution in [1.82, 2.24) is 0 Å². The number of hydrogen-bond donors (Lipinski definition) is 1. The summed E-state index contributed by atoms with van der Waals surface area (Å²) in [6.45, 7) is 0.929. The molecule has 1 heterocycles. The maximum atomic E-state index is 12.2. The molecule has 0 fully saturated rings. The van der Waals surface area contributed by atoms with Crippen LogP contribution >= 0.6 is 12.4 Å². The second-order valence-corrected chi connectivity index (χ2v) is 5.12. The van der Waals surface area contributed by atoms with Crippen LogP contribution in [0.1, 0.15) is 5.56 Å². The highest BCUT2D eigenvalue weighted by Crippen LogP contribution is 2.27. The van der Waals surface area contributed by atoms with Crippen molar-refractivity contribution < 1.29 is 14.3 Å². The zero-order valence-electron chi connectivity index (χ0n) is 13.0. The van der Waals surface area contributed by atoms with Crippen LogP contribution in [0.2, 0.25) is 0 Å². The van der Waals surface area contributed by atoms with Gasteiger partial charge < -0.3 is 14.8 Å². The summed E-state index contributed by atoms with van der Waals surface area (Å²) >= 11 is 0. The van der Waals surface area contributed by atoms with Crippen LogP contribution in [-0.4, -0.2) is 26.8 Å². The van der Waals surface area contributed by atoms with E-state index < -0.39 is 6.09 Å². The molecule has 1 aliphatic rings. The predicted molar refractivity (Wildman–Crippen MR) is 93.3 cm³/mol. The number of hydrogen-bond acceptors (Lipinski definition) is 4. The van der Waals surface area contributed by atoms with Gasteiger partial charge in [-0.05, 0) is 42.3 Å². The lowest BCUT2D eigenvalue weighted by atomic mass is 10.1. The Morgan fingerprint density at radius 2 is 1.83 bits per heavy atom. The first kappa shape index (κ1) is 17.0. The van der Waals surface area contributed by atoms with Gasteiger partial charge in [-0.1, -0.05) is 6.07 Å². The summed E-state index contributed by atoms with van der Waals surface area (Å²) in [5.41, 5.74) is 3.03. The van der Waals surface area contributed by atoms with Crippen molar-refractivity contribution in [2.45, 2.75) is 6.42 Å². The van der Waals surface area contributed by atoms with Crippen molar-refractivity contribution in [3.05, 3.63) is 48.0 Å². The number of nitrogens with one attached hydrogen (secondary N) is 1. The monoisotopic (exact) mass is 334 g/mol. The molecule has 0 atom stereocenters. The number of methoxy groups -OCH3 is 1. The van der Waals surface area contributed by atoms with Gasteiger partial charge in [-0.25, -0.2) is 4.79 Å². The van der Waals surface area contributed by atoms with E-state index >= 15 is 0 Å². The number of halogens is 1. The Kier molecular flexibility index (Phi) is 5.34. The molecule has 0 saturated heterocycles. The van der Waals surface area contributed by atoms with Crippen molar-refractivity contribution in [2.75, 3.05) is 30.9 Å². The first-order valence-electron chi connectivity index (χ1n) is 7.14. The number of benzene rings is 2. The van der Waals surface area contributed by atoms with E-state index in [-0.39, 0.29) is 12.4 Å². The van der Waals surface area contributed by atoms with E-state index in [0.717, 1.165) is 30.1 Å². The second kappa shape index (κ2) is 7.24. The SMILES string of the molecule is COc1ccc(N(C)C(=O)Oc2ccc3c(c2)NCC3)cc1.Cl. The molecule has 1 amide bonds. The third kappa shape index (κ3) is 3.68. The summed E-state index contributed by atoms with van der Waals surface area (Å²) in [7, 11) is 3.28. The van der Waals surface area contributed by atoms with Crippen LogP contribution < -0.4 is 19.7 Å². The average Bonchev–Trinajstić information content (AvgIpc) is 3.02. The van der Waals surface area contributed by atoms with Crippen LogP contribution in [0.5, 0.6) is 11.5 Å². The van der Waals surface area contributed by atoms with Crippen LogP contribution in [0.3, 0.4) is 0 Å². The molecule has 0 radical (unpaired) electrons. The van der Waals surface area contributed by atoms with E-state index in [1.165, 1.54) is 10.5 Å². The van der Waals surface area contributed by atoms with Crippen molar-refractivity contribution in [1.29, 1.82) is 0 Å². The molecule has 0 spiro atoms. The molecule has 1 aliphatic heterocycles. The molecule has 3 rings (SSSR count). The van der Waals surface area contributed by atoms with Gasteiger partial charge in [-0.3, -0.25) is 4.90 Å². The maximum absolute atomic E-state index is 12.2. The van der Waals surface area contributed by atoms with Crippen molar-refractivity contribution in [3.8, 4) is 11.5 Å². The van der Waals surface area contributed by atoms with Gasteiger partial charge >= 0.3 is 6.09 Å². The molecular formula is C17H19ClN2O3. The lowest BCUT2D eigenvalue weighted by molar-refractivity contribution is 0.209. The van der Waals surface area contributed by atoms with E-state index in [9.17, 15) is 4.79 Å². The molecule has 0 saturated carbocycles. The first-order chi connectivity index (χ1) is 10.7. The number of rotatable bonds is 3. The molecule has 0 aromatic heterocycles. The van der Waals surface area contributed by atoms with Crippen LogP contribution in [0.25, 0.3) is 0 Å². The van der Waals surface area contributed by atoms with Gasteiger partial charge in [0.15, 0.2) is 0 Å². The van der Waals surface area contributed by atoms with Crippen molar-refractivity contribution in [2.24, 2.45) is 0 Å². The van der Waals surface area contributed by atoms with Crippen LogP contribution in [0, 0.1) is 0 Å². The fourth-order valence-electron chi connectivity index (χ4n) is 2.41. The average molecular weight is 335 g/mol. The fourth-order valence-corrected chi connectivity index (χ4v) is 2.41. The molecule has 1 N–H and O–H groups in total. The number of fused-ring (bicyclic) bond motifs is 1. The minimum atomic E-state index is -0.428. The summed E-state index contributed by atoms with van der Waals surface area (Å²) in [6, 6.07) is 12.9. The summed E-state index contributed by atoms with van der Waals surface area (Å²) in [6.07, 6.45) is 0.582. The largest absolute Gasteiger partial charge is 0.497 e. The van der Waals surface area contributed by atoms with E-state index in [2.05, 4.69) is 5.32 Å². The molecule has 0 unspecified atom stereocenters. The van der Waals surface area contributed by atoms with E-state index in [0.29, 0.717) is 5.75 Å². The molecule has 2 aromatic carbocycles. The standard InChI is InChI=1S/C17H18N2O3.ClH/c1-19(13-4-7-14(21-2)8-5-13)17(20)22-15-6-3-12-9-10-18-16(12)11-15;/h3-8,11,18H,9-10H2,1-2H3;1H. The third-order valence-corrected chi connectivity index (χ3v) is 3.73. The van der Waals surface area contributed by atoms with Gasteiger partial charge in [-0.15, -0.1) is 12.4 Å². The van der Waals surface area contributed by atoms with Crippen LogP contribution in [0.15, 0.2) is 42.5 Å². The molecule has 23 heavy (non-hydrogen) atoms. The zero-order valence-corrected chi connectivity index (χ0v) is 13.9. The van der Waals surface area contributed by atoms with Gasteiger partial charge in [-0.2, -0.15) is 0 Å². The van der Waals surface area contributed by atoms with E-state index in [4.69, 9.17) is 9.47 Å². The fraction of sp³-hybridized carbons (Fsp3) is 0.235. The van der Waals surface area contributed by atoms with Crippen LogP contribution in [-0.2, 0) is 6.42 Å². The number of nitrogens with zero attached hydrogens (tertiary/aromatic N) is 1. The van der Waals surface area contributed by atoms with Gasteiger partial charge in [0.2, 0.25) is 0 Å². The highest BCUT2D eigenvalue weighted by molar-refractivity contribution is 5.88. The Hall–Kier alpha value is -2.40. The summed E-state index contributed by atoms with van der Waals surface area (Å²) in [4.78, 5) is 13.7. The molecule has 0 bridgehead atoms. The van der Waals surface area contributed by atoms with Crippen molar-refractivity contribution in [3.63, 3.8) is 0 Å². The van der Waals surface area contributed by atoms with Gasteiger partial charge in [0.1, 0.15) is 11.5 Å².